The molecule has 1 atom stereocenters. The molecule has 1 amide bonds. The first-order valence-corrected chi connectivity index (χ1v) is 9.46. The van der Waals surface area contributed by atoms with Crippen LogP contribution in [0.25, 0.3) is 0 Å². The topological polar surface area (TPSA) is 66.5 Å². The quantitative estimate of drug-likeness (QED) is 0.913. The Kier molecular flexibility index (Phi) is 5.06. The van der Waals surface area contributed by atoms with E-state index in [1.807, 2.05) is 0 Å². The number of hydrogen-bond acceptors (Lipinski definition) is 4. The third-order valence-corrected chi connectivity index (χ3v) is 5.16. The van der Waals surface area contributed by atoms with Crippen molar-refractivity contribution in [3.63, 3.8) is 0 Å². The maximum atomic E-state index is 12.4. The van der Waals surface area contributed by atoms with Crippen molar-refractivity contribution in [3.8, 4) is 0 Å². The number of sulfonamides is 1. The van der Waals surface area contributed by atoms with Crippen LogP contribution in [0.5, 0.6) is 0 Å². The molecule has 0 radical (unpaired) electrons. The lowest BCUT2D eigenvalue weighted by atomic mass is 10.0. The van der Waals surface area contributed by atoms with Gasteiger partial charge >= 0.3 is 0 Å². The van der Waals surface area contributed by atoms with Crippen molar-refractivity contribution in [2.75, 3.05) is 19.3 Å². The Bertz CT molecular complexity index is 585. The molecule has 0 saturated carbocycles. The van der Waals surface area contributed by atoms with Crippen molar-refractivity contribution >= 4 is 38.9 Å². The minimum atomic E-state index is -3.24. The van der Waals surface area contributed by atoms with Crippen LogP contribution in [0.4, 0.5) is 0 Å². The molecule has 8 heteroatoms. The summed E-state index contributed by atoms with van der Waals surface area (Å²) in [6, 6.07) is 3.32. The Labute approximate surface area is 128 Å². The van der Waals surface area contributed by atoms with Crippen LogP contribution in [0, 0.1) is 0 Å². The van der Waals surface area contributed by atoms with Gasteiger partial charge in [-0.15, -0.1) is 11.3 Å². The summed E-state index contributed by atoms with van der Waals surface area (Å²) < 4.78 is 25.5. The van der Waals surface area contributed by atoms with E-state index in [-0.39, 0.29) is 18.5 Å². The number of carbonyl (C=O) groups excluding carboxylic acids is 1. The summed E-state index contributed by atoms with van der Waals surface area (Å²) in [5, 5.41) is 0. The van der Waals surface area contributed by atoms with Gasteiger partial charge in [-0.3, -0.25) is 4.79 Å². The van der Waals surface area contributed by atoms with Crippen LogP contribution in [0.2, 0.25) is 4.34 Å². The summed E-state index contributed by atoms with van der Waals surface area (Å²) in [6.07, 6.45) is 3.89. The van der Waals surface area contributed by atoms with Gasteiger partial charge in [0.2, 0.25) is 10.0 Å². The lowest BCUT2D eigenvalue weighted by Crippen LogP contribution is -2.49. The minimum Gasteiger partial charge on any atom is -0.334 e. The van der Waals surface area contributed by atoms with E-state index in [2.05, 4.69) is 4.72 Å². The number of amides is 1. The molecule has 20 heavy (non-hydrogen) atoms. The first kappa shape index (κ1) is 15.8. The second kappa shape index (κ2) is 6.43. The van der Waals surface area contributed by atoms with Crippen LogP contribution in [0.3, 0.4) is 0 Å². The highest BCUT2D eigenvalue weighted by Gasteiger charge is 2.28. The zero-order valence-electron chi connectivity index (χ0n) is 11.1. The molecule has 1 saturated heterocycles. The third kappa shape index (κ3) is 4.18. The van der Waals surface area contributed by atoms with E-state index >= 15 is 0 Å². The van der Waals surface area contributed by atoms with E-state index in [0.717, 1.165) is 25.5 Å². The molecule has 1 fully saturated rings. The van der Waals surface area contributed by atoms with Crippen molar-refractivity contribution in [2.24, 2.45) is 0 Å². The average Bonchev–Trinajstić information content (AvgIpc) is 2.82. The normalized spacial score (nSPS) is 20.1. The molecule has 1 aromatic heterocycles. The van der Waals surface area contributed by atoms with Gasteiger partial charge in [-0.25, -0.2) is 13.1 Å². The molecule has 2 rings (SSSR count). The Morgan fingerprint density at radius 1 is 1.50 bits per heavy atom. The number of rotatable bonds is 4. The predicted octanol–water partition coefficient (Wildman–Crippen LogP) is 1.95. The van der Waals surface area contributed by atoms with Gasteiger partial charge in [-0.05, 0) is 31.4 Å². The third-order valence-electron chi connectivity index (χ3n) is 3.25. The highest BCUT2D eigenvalue weighted by Crippen LogP contribution is 2.26. The first-order valence-electron chi connectivity index (χ1n) is 6.38. The van der Waals surface area contributed by atoms with E-state index in [0.29, 0.717) is 15.8 Å². The first-order chi connectivity index (χ1) is 9.37. The Morgan fingerprint density at radius 2 is 2.25 bits per heavy atom. The molecule has 5 nitrogen and oxygen atoms in total. The Balaban J connectivity index is 2.08. The minimum absolute atomic E-state index is 0.0677. The van der Waals surface area contributed by atoms with E-state index < -0.39 is 10.0 Å². The van der Waals surface area contributed by atoms with Crippen LogP contribution in [0.15, 0.2) is 12.1 Å². The summed E-state index contributed by atoms with van der Waals surface area (Å²) in [4.78, 5) is 14.8. The highest BCUT2D eigenvalue weighted by molar-refractivity contribution is 7.88. The van der Waals surface area contributed by atoms with Crippen LogP contribution in [0.1, 0.15) is 28.9 Å². The summed E-state index contributed by atoms with van der Waals surface area (Å²) in [5.41, 5.74) is 0. The van der Waals surface area contributed by atoms with Crippen molar-refractivity contribution in [3.05, 3.63) is 21.3 Å². The average molecular weight is 337 g/mol. The van der Waals surface area contributed by atoms with Gasteiger partial charge in [0, 0.05) is 19.1 Å². The van der Waals surface area contributed by atoms with Gasteiger partial charge in [-0.2, -0.15) is 0 Å². The Morgan fingerprint density at radius 3 is 2.85 bits per heavy atom. The van der Waals surface area contributed by atoms with Gasteiger partial charge in [0.1, 0.15) is 0 Å². The van der Waals surface area contributed by atoms with Gasteiger partial charge in [0.15, 0.2) is 0 Å². The lowest BCUT2D eigenvalue weighted by Gasteiger charge is -2.35. The number of piperidine rings is 1. The smallest absolute Gasteiger partial charge is 0.264 e. The van der Waals surface area contributed by atoms with E-state index in [4.69, 9.17) is 11.6 Å². The van der Waals surface area contributed by atoms with Crippen LogP contribution in [-0.4, -0.2) is 44.6 Å². The summed E-state index contributed by atoms with van der Waals surface area (Å²) in [7, 11) is -3.24. The zero-order chi connectivity index (χ0) is 14.8. The monoisotopic (exact) mass is 336 g/mol. The highest BCUT2D eigenvalue weighted by atomic mass is 35.5. The Hall–Kier alpha value is -0.630. The van der Waals surface area contributed by atoms with Gasteiger partial charge in [-0.1, -0.05) is 11.6 Å². The summed E-state index contributed by atoms with van der Waals surface area (Å²) in [5.74, 6) is -0.0677. The fourth-order valence-electron chi connectivity index (χ4n) is 2.30. The van der Waals surface area contributed by atoms with E-state index in [9.17, 15) is 13.2 Å². The molecule has 0 bridgehead atoms. The number of halogens is 1. The molecule has 0 aromatic carbocycles. The molecule has 2 heterocycles. The van der Waals surface area contributed by atoms with Crippen molar-refractivity contribution in [1.82, 2.24) is 9.62 Å². The fraction of sp³-hybridized carbons (Fsp3) is 0.583. The van der Waals surface area contributed by atoms with Crippen molar-refractivity contribution in [1.29, 1.82) is 0 Å². The van der Waals surface area contributed by atoms with Crippen molar-refractivity contribution in [2.45, 2.75) is 25.3 Å². The molecule has 0 unspecified atom stereocenters. The fourth-order valence-corrected chi connectivity index (χ4v) is 3.79. The van der Waals surface area contributed by atoms with Crippen LogP contribution < -0.4 is 4.72 Å². The summed E-state index contributed by atoms with van der Waals surface area (Å²) >= 11 is 7.11. The standard InChI is InChI=1S/C12H17ClN2O3S2/c1-20(17,18)14-8-9-4-2-3-7-15(9)12(16)10-5-6-11(13)19-10/h5-6,9,14H,2-4,7-8H2,1H3/t9-/m0/s1. The van der Waals surface area contributed by atoms with Crippen LogP contribution >= 0.6 is 22.9 Å². The molecule has 112 valence electrons. The number of carbonyl (C=O) groups is 1. The largest absolute Gasteiger partial charge is 0.334 e. The van der Waals surface area contributed by atoms with E-state index in [1.165, 1.54) is 11.3 Å². The molecule has 0 spiro atoms. The molecule has 1 aliphatic heterocycles. The molecular formula is C12H17ClN2O3S2. The molecular weight excluding hydrogens is 320 g/mol. The summed E-state index contributed by atoms with van der Waals surface area (Å²) in [6.45, 7) is 0.925. The maximum Gasteiger partial charge on any atom is 0.264 e. The van der Waals surface area contributed by atoms with Crippen molar-refractivity contribution < 1.29 is 13.2 Å². The molecule has 0 aliphatic carbocycles. The number of likely N-dealkylation sites (tertiary alicyclic amines) is 1. The van der Waals surface area contributed by atoms with Crippen LogP contribution in [-0.2, 0) is 10.0 Å². The van der Waals surface area contributed by atoms with Gasteiger partial charge in [0.05, 0.1) is 15.5 Å². The second-order valence-corrected chi connectivity index (χ2v) is 8.42. The molecule has 1 N–H and O–H groups in total. The second-order valence-electron chi connectivity index (χ2n) is 4.87. The predicted molar refractivity (Wildman–Crippen MR) is 80.9 cm³/mol. The van der Waals surface area contributed by atoms with Gasteiger partial charge < -0.3 is 4.90 Å². The number of nitrogens with zero attached hydrogens (tertiary/aromatic N) is 1. The van der Waals surface area contributed by atoms with Gasteiger partial charge in [0.25, 0.3) is 5.91 Å². The zero-order valence-corrected chi connectivity index (χ0v) is 13.5. The molecule has 1 aliphatic rings. The SMILES string of the molecule is CS(=O)(=O)NC[C@@H]1CCCCN1C(=O)c1ccc(Cl)s1. The number of hydrogen-bond donors (Lipinski definition) is 1. The lowest BCUT2D eigenvalue weighted by molar-refractivity contribution is 0.0624. The number of thiophene rings is 1. The van der Waals surface area contributed by atoms with E-state index in [1.54, 1.807) is 17.0 Å². The maximum absolute atomic E-state index is 12.4. The number of nitrogens with one attached hydrogen (secondary N) is 1. The molecule has 1 aromatic rings.